The van der Waals surface area contributed by atoms with Crippen molar-refractivity contribution >= 4 is 6.09 Å². The Kier molecular flexibility index (Phi) is 5.05. The largest absolute Gasteiger partial charge is 0.444 e. The zero-order valence-corrected chi connectivity index (χ0v) is 15.5. The second kappa shape index (κ2) is 6.94. The molecule has 4 nitrogen and oxygen atoms in total. The highest BCUT2D eigenvalue weighted by Crippen LogP contribution is 2.49. The lowest BCUT2D eigenvalue weighted by Gasteiger charge is -2.50. The van der Waals surface area contributed by atoms with Gasteiger partial charge in [-0.25, -0.2) is 9.18 Å². The van der Waals surface area contributed by atoms with Crippen molar-refractivity contribution in [1.82, 2.24) is 10.2 Å². The number of nitrogens with zero attached hydrogens (tertiary/aromatic N) is 1. The zero-order valence-electron chi connectivity index (χ0n) is 15.5. The first kappa shape index (κ1) is 18.2. The summed E-state index contributed by atoms with van der Waals surface area (Å²) in [6.45, 7) is 9.04. The maximum absolute atomic E-state index is 13.4. The van der Waals surface area contributed by atoms with E-state index in [1.807, 2.05) is 37.8 Å². The van der Waals surface area contributed by atoms with Gasteiger partial charge in [0.05, 0.1) is 0 Å². The average molecular weight is 348 g/mol. The van der Waals surface area contributed by atoms with Crippen LogP contribution in [0.3, 0.4) is 0 Å². The van der Waals surface area contributed by atoms with Gasteiger partial charge in [0.1, 0.15) is 11.4 Å². The Labute approximate surface area is 149 Å². The Balaban J connectivity index is 1.84. The number of likely N-dealkylation sites (tertiary alicyclic amines) is 1. The molecule has 138 valence electrons. The number of carbonyl (C=O) groups is 1. The highest BCUT2D eigenvalue weighted by Gasteiger charge is 2.45. The van der Waals surface area contributed by atoms with E-state index in [2.05, 4.69) is 5.32 Å². The molecular formula is C20H29FN2O2. The molecule has 2 aliphatic heterocycles. The number of amides is 1. The van der Waals surface area contributed by atoms with Crippen LogP contribution in [-0.4, -0.2) is 42.8 Å². The van der Waals surface area contributed by atoms with Crippen molar-refractivity contribution in [3.63, 3.8) is 0 Å². The lowest BCUT2D eigenvalue weighted by Crippen LogP contribution is -2.52. The fraction of sp³-hybridized carbons (Fsp3) is 0.650. The molecule has 2 heterocycles. The van der Waals surface area contributed by atoms with Crippen LogP contribution in [0.1, 0.15) is 51.5 Å². The first-order valence-corrected chi connectivity index (χ1v) is 9.23. The molecule has 1 spiro atoms. The number of carbonyl (C=O) groups excluding carboxylic acids is 1. The molecule has 2 aliphatic rings. The van der Waals surface area contributed by atoms with Gasteiger partial charge >= 0.3 is 6.09 Å². The molecule has 2 fully saturated rings. The number of piperidine rings is 2. The lowest BCUT2D eigenvalue weighted by atomic mass is 9.62. The van der Waals surface area contributed by atoms with Gasteiger partial charge in [0.15, 0.2) is 0 Å². The summed E-state index contributed by atoms with van der Waals surface area (Å²) in [5, 5.41) is 3.44. The molecule has 0 bridgehead atoms. The van der Waals surface area contributed by atoms with Crippen LogP contribution in [0, 0.1) is 11.2 Å². The molecule has 5 heteroatoms. The minimum Gasteiger partial charge on any atom is -0.444 e. The molecule has 0 aromatic heterocycles. The topological polar surface area (TPSA) is 41.6 Å². The van der Waals surface area contributed by atoms with Gasteiger partial charge in [0.2, 0.25) is 0 Å². The Hall–Kier alpha value is -1.62. The maximum Gasteiger partial charge on any atom is 0.410 e. The molecule has 0 aliphatic carbocycles. The molecule has 1 N–H and O–H groups in total. The second-order valence-corrected chi connectivity index (χ2v) is 8.39. The van der Waals surface area contributed by atoms with E-state index in [4.69, 9.17) is 4.74 Å². The summed E-state index contributed by atoms with van der Waals surface area (Å²) in [4.78, 5) is 14.4. The number of hydrogen-bond donors (Lipinski definition) is 1. The highest BCUT2D eigenvalue weighted by molar-refractivity contribution is 5.68. The first-order chi connectivity index (χ1) is 11.8. The van der Waals surface area contributed by atoms with Crippen LogP contribution in [0.4, 0.5) is 9.18 Å². The minimum absolute atomic E-state index is 0.182. The van der Waals surface area contributed by atoms with Crippen LogP contribution in [0.2, 0.25) is 0 Å². The van der Waals surface area contributed by atoms with E-state index in [0.717, 1.165) is 44.5 Å². The van der Waals surface area contributed by atoms with Gasteiger partial charge in [0, 0.05) is 19.0 Å². The van der Waals surface area contributed by atoms with E-state index in [-0.39, 0.29) is 23.2 Å². The molecule has 1 atom stereocenters. The van der Waals surface area contributed by atoms with Crippen LogP contribution in [0.15, 0.2) is 24.3 Å². The standard InChI is InChI=1S/C20H29FN2O2/c1-19(2,3)25-18(24)23-13-10-20(8-11-22-12-9-20)17(14-23)15-4-6-16(21)7-5-15/h4-7,17,22H,8-14H2,1-3H3. The van der Waals surface area contributed by atoms with Gasteiger partial charge < -0.3 is 15.0 Å². The highest BCUT2D eigenvalue weighted by atomic mass is 19.1. The third kappa shape index (κ3) is 4.14. The molecule has 1 aromatic carbocycles. The molecule has 0 radical (unpaired) electrons. The first-order valence-electron chi connectivity index (χ1n) is 9.23. The molecule has 2 saturated heterocycles. The molecule has 1 aromatic rings. The monoisotopic (exact) mass is 348 g/mol. The third-order valence-corrected chi connectivity index (χ3v) is 5.55. The molecule has 0 saturated carbocycles. The lowest BCUT2D eigenvalue weighted by molar-refractivity contribution is -0.00240. The van der Waals surface area contributed by atoms with Crippen LogP contribution in [0.5, 0.6) is 0 Å². The SMILES string of the molecule is CC(C)(C)OC(=O)N1CCC2(CCNCC2)C(c2ccc(F)cc2)C1. The van der Waals surface area contributed by atoms with E-state index in [1.165, 1.54) is 12.1 Å². The predicted octanol–water partition coefficient (Wildman–Crippen LogP) is 3.92. The summed E-state index contributed by atoms with van der Waals surface area (Å²) in [5.41, 5.74) is 0.810. The Morgan fingerprint density at radius 3 is 2.44 bits per heavy atom. The van der Waals surface area contributed by atoms with Gasteiger partial charge in [-0.1, -0.05) is 12.1 Å². The smallest absolute Gasteiger partial charge is 0.410 e. The van der Waals surface area contributed by atoms with Gasteiger partial charge in [-0.3, -0.25) is 0 Å². The summed E-state index contributed by atoms with van der Waals surface area (Å²) in [6.07, 6.45) is 2.91. The van der Waals surface area contributed by atoms with Gasteiger partial charge in [0.25, 0.3) is 0 Å². The fourth-order valence-corrected chi connectivity index (χ4v) is 4.21. The van der Waals surface area contributed by atoms with Gasteiger partial charge in [-0.15, -0.1) is 0 Å². The Morgan fingerprint density at radius 1 is 1.20 bits per heavy atom. The second-order valence-electron chi connectivity index (χ2n) is 8.39. The van der Waals surface area contributed by atoms with Crippen LogP contribution < -0.4 is 5.32 Å². The fourth-order valence-electron chi connectivity index (χ4n) is 4.21. The predicted molar refractivity (Wildman–Crippen MR) is 96.1 cm³/mol. The van der Waals surface area contributed by atoms with E-state index < -0.39 is 5.60 Å². The average Bonchev–Trinajstić information content (AvgIpc) is 2.55. The number of benzene rings is 1. The van der Waals surface area contributed by atoms with Crippen molar-refractivity contribution in [2.75, 3.05) is 26.2 Å². The van der Waals surface area contributed by atoms with Crippen LogP contribution in [-0.2, 0) is 4.74 Å². The normalized spacial score (nSPS) is 23.5. The number of nitrogens with one attached hydrogen (secondary N) is 1. The van der Waals surface area contributed by atoms with Crippen molar-refractivity contribution in [1.29, 1.82) is 0 Å². The molecular weight excluding hydrogens is 319 g/mol. The molecule has 3 rings (SSSR count). The van der Waals surface area contributed by atoms with E-state index >= 15 is 0 Å². The van der Waals surface area contributed by atoms with Crippen LogP contribution >= 0.6 is 0 Å². The van der Waals surface area contributed by atoms with Gasteiger partial charge in [-0.05, 0) is 76.2 Å². The third-order valence-electron chi connectivity index (χ3n) is 5.55. The maximum atomic E-state index is 13.4. The number of halogens is 1. The summed E-state index contributed by atoms with van der Waals surface area (Å²) in [6, 6.07) is 6.80. The van der Waals surface area contributed by atoms with Crippen molar-refractivity contribution < 1.29 is 13.9 Å². The van der Waals surface area contributed by atoms with Gasteiger partial charge in [-0.2, -0.15) is 0 Å². The van der Waals surface area contributed by atoms with Crippen molar-refractivity contribution in [3.05, 3.63) is 35.6 Å². The Bertz CT molecular complexity index is 603. The van der Waals surface area contributed by atoms with Crippen molar-refractivity contribution in [3.8, 4) is 0 Å². The van der Waals surface area contributed by atoms with Crippen molar-refractivity contribution in [2.45, 2.75) is 51.6 Å². The van der Waals surface area contributed by atoms with E-state index in [9.17, 15) is 9.18 Å². The number of ether oxygens (including phenoxy) is 1. The Morgan fingerprint density at radius 2 is 1.84 bits per heavy atom. The minimum atomic E-state index is -0.494. The molecule has 25 heavy (non-hydrogen) atoms. The summed E-state index contributed by atoms with van der Waals surface area (Å²) >= 11 is 0. The summed E-state index contributed by atoms with van der Waals surface area (Å²) in [7, 11) is 0. The van der Waals surface area contributed by atoms with Crippen molar-refractivity contribution in [2.24, 2.45) is 5.41 Å². The summed E-state index contributed by atoms with van der Waals surface area (Å²) in [5.74, 6) is -0.000568. The van der Waals surface area contributed by atoms with Crippen LogP contribution in [0.25, 0.3) is 0 Å². The number of hydrogen-bond acceptors (Lipinski definition) is 3. The van der Waals surface area contributed by atoms with E-state index in [1.54, 1.807) is 0 Å². The molecule has 1 amide bonds. The quantitative estimate of drug-likeness (QED) is 0.836. The van der Waals surface area contributed by atoms with E-state index in [0.29, 0.717) is 6.54 Å². The number of rotatable bonds is 1. The zero-order chi connectivity index (χ0) is 18.1. The summed E-state index contributed by atoms with van der Waals surface area (Å²) < 4.78 is 19.0. The molecule has 1 unspecified atom stereocenters.